The van der Waals surface area contributed by atoms with E-state index < -0.39 is 11.5 Å². The monoisotopic (exact) mass is 463 g/mol. The number of carbonyl (C=O) groups is 2. The zero-order chi connectivity index (χ0) is 22.7. The molecule has 172 valence electrons. The lowest BCUT2D eigenvalue weighted by molar-refractivity contribution is 0.00342. The van der Waals surface area contributed by atoms with Gasteiger partial charge in [-0.1, -0.05) is 5.21 Å². The SMILES string of the molecule is CCNC(=O)c1ccc(-n2nnc(C(=O)NC3CC3)c2CO[C@H]2CC[C@@H](F)CC2Cl)cc1. The zero-order valence-corrected chi connectivity index (χ0v) is 18.6. The average Bonchev–Trinajstić information content (AvgIpc) is 3.49. The number of rotatable bonds is 8. The summed E-state index contributed by atoms with van der Waals surface area (Å²) in [6.45, 7) is 2.45. The molecular weight excluding hydrogens is 437 g/mol. The summed E-state index contributed by atoms with van der Waals surface area (Å²) in [6, 6.07) is 7.03. The molecule has 8 nitrogen and oxygen atoms in total. The highest BCUT2D eigenvalue weighted by molar-refractivity contribution is 6.21. The molecule has 2 N–H and O–H groups in total. The Bertz CT molecular complexity index is 963. The molecule has 0 saturated heterocycles. The van der Waals surface area contributed by atoms with Gasteiger partial charge in [-0.25, -0.2) is 9.07 Å². The van der Waals surface area contributed by atoms with Gasteiger partial charge in [-0.05, 0) is 63.3 Å². The van der Waals surface area contributed by atoms with Crippen molar-refractivity contribution in [3.63, 3.8) is 0 Å². The van der Waals surface area contributed by atoms with Gasteiger partial charge in [-0.3, -0.25) is 9.59 Å². The highest BCUT2D eigenvalue weighted by Gasteiger charge is 2.32. The smallest absolute Gasteiger partial charge is 0.274 e. The normalized spacial score (nSPS) is 23.0. The van der Waals surface area contributed by atoms with Crippen LogP contribution in [0.5, 0.6) is 0 Å². The van der Waals surface area contributed by atoms with Crippen molar-refractivity contribution >= 4 is 23.4 Å². The summed E-state index contributed by atoms with van der Waals surface area (Å²) in [6.07, 6.45) is 1.85. The molecule has 10 heteroatoms. The van der Waals surface area contributed by atoms with E-state index in [0.717, 1.165) is 12.8 Å². The van der Waals surface area contributed by atoms with Gasteiger partial charge in [0.05, 0.1) is 23.8 Å². The topological polar surface area (TPSA) is 98.1 Å². The van der Waals surface area contributed by atoms with Gasteiger partial charge in [0.25, 0.3) is 11.8 Å². The number of alkyl halides is 2. The Labute approximate surface area is 190 Å². The molecule has 2 saturated carbocycles. The first kappa shape index (κ1) is 22.7. The lowest BCUT2D eigenvalue weighted by Crippen LogP contribution is -2.33. The van der Waals surface area contributed by atoms with Crippen LogP contribution >= 0.6 is 11.6 Å². The molecule has 0 radical (unpaired) electrons. The molecule has 0 spiro atoms. The number of hydrogen-bond donors (Lipinski definition) is 2. The molecule has 1 unspecified atom stereocenters. The van der Waals surface area contributed by atoms with Crippen LogP contribution in [0.4, 0.5) is 4.39 Å². The number of ether oxygens (including phenoxy) is 1. The van der Waals surface area contributed by atoms with Crippen LogP contribution in [0.1, 0.15) is 65.6 Å². The maximum Gasteiger partial charge on any atom is 0.274 e. The van der Waals surface area contributed by atoms with Crippen molar-refractivity contribution in [2.45, 2.75) is 69.3 Å². The summed E-state index contributed by atoms with van der Waals surface area (Å²) in [5.41, 5.74) is 1.84. The van der Waals surface area contributed by atoms with Crippen molar-refractivity contribution in [2.75, 3.05) is 6.54 Å². The number of nitrogens with zero attached hydrogens (tertiary/aromatic N) is 3. The fourth-order valence-corrected chi connectivity index (χ4v) is 4.12. The number of hydrogen-bond acceptors (Lipinski definition) is 5. The first-order valence-corrected chi connectivity index (χ1v) is 11.4. The van der Waals surface area contributed by atoms with Gasteiger partial charge in [0.1, 0.15) is 11.9 Å². The predicted octanol–water partition coefficient (Wildman–Crippen LogP) is 2.92. The minimum absolute atomic E-state index is 0.0589. The Morgan fingerprint density at radius 2 is 1.94 bits per heavy atom. The number of nitrogens with one attached hydrogen (secondary N) is 2. The van der Waals surface area contributed by atoms with Crippen molar-refractivity contribution in [3.05, 3.63) is 41.2 Å². The van der Waals surface area contributed by atoms with Crippen molar-refractivity contribution in [2.24, 2.45) is 0 Å². The highest BCUT2D eigenvalue weighted by Crippen LogP contribution is 2.29. The second-order valence-corrected chi connectivity index (χ2v) is 8.79. The van der Waals surface area contributed by atoms with E-state index in [1.54, 1.807) is 24.3 Å². The van der Waals surface area contributed by atoms with E-state index in [-0.39, 0.29) is 42.7 Å². The molecule has 1 heterocycles. The number of halogens is 2. The zero-order valence-electron chi connectivity index (χ0n) is 17.9. The number of amides is 2. The highest BCUT2D eigenvalue weighted by atomic mass is 35.5. The molecule has 32 heavy (non-hydrogen) atoms. The molecule has 2 aliphatic rings. The Balaban J connectivity index is 1.56. The van der Waals surface area contributed by atoms with Crippen LogP contribution in [0.25, 0.3) is 5.69 Å². The molecular formula is C22H27ClFN5O3. The third kappa shape index (κ3) is 5.27. The number of benzene rings is 1. The van der Waals surface area contributed by atoms with Gasteiger partial charge in [-0.2, -0.15) is 0 Å². The maximum absolute atomic E-state index is 13.6. The van der Waals surface area contributed by atoms with E-state index in [2.05, 4.69) is 20.9 Å². The average molecular weight is 464 g/mol. The molecule has 0 bridgehead atoms. The molecule has 1 aromatic carbocycles. The van der Waals surface area contributed by atoms with E-state index in [4.69, 9.17) is 16.3 Å². The summed E-state index contributed by atoms with van der Waals surface area (Å²) in [7, 11) is 0. The molecule has 3 atom stereocenters. The molecule has 2 aliphatic carbocycles. The molecule has 1 aromatic heterocycles. The van der Waals surface area contributed by atoms with Crippen molar-refractivity contribution in [3.8, 4) is 5.69 Å². The third-order valence-electron chi connectivity index (χ3n) is 5.69. The largest absolute Gasteiger partial charge is 0.370 e. The quantitative estimate of drug-likeness (QED) is 0.586. The van der Waals surface area contributed by atoms with Crippen molar-refractivity contribution in [1.29, 1.82) is 0 Å². The fourth-order valence-electron chi connectivity index (χ4n) is 3.73. The lowest BCUT2D eigenvalue weighted by Gasteiger charge is -2.29. The summed E-state index contributed by atoms with van der Waals surface area (Å²) in [5.74, 6) is -0.464. The second kappa shape index (κ2) is 9.95. The van der Waals surface area contributed by atoms with Crippen molar-refractivity contribution < 1.29 is 18.7 Å². The van der Waals surface area contributed by atoms with Crippen LogP contribution in [0.15, 0.2) is 24.3 Å². The van der Waals surface area contributed by atoms with E-state index in [1.165, 1.54) is 4.68 Å². The first-order chi connectivity index (χ1) is 15.5. The molecule has 2 amide bonds. The lowest BCUT2D eigenvalue weighted by atomic mass is 9.95. The summed E-state index contributed by atoms with van der Waals surface area (Å²) >= 11 is 6.31. The van der Waals surface area contributed by atoms with Gasteiger partial charge in [-0.15, -0.1) is 16.7 Å². The van der Waals surface area contributed by atoms with Crippen LogP contribution in [-0.2, 0) is 11.3 Å². The second-order valence-electron chi connectivity index (χ2n) is 8.23. The van der Waals surface area contributed by atoms with Crippen LogP contribution < -0.4 is 10.6 Å². The van der Waals surface area contributed by atoms with Gasteiger partial charge in [0.15, 0.2) is 5.69 Å². The Kier molecular flexibility index (Phi) is 7.05. The predicted molar refractivity (Wildman–Crippen MR) is 117 cm³/mol. The van der Waals surface area contributed by atoms with E-state index in [9.17, 15) is 14.0 Å². The van der Waals surface area contributed by atoms with Crippen LogP contribution in [0.2, 0.25) is 0 Å². The molecule has 4 rings (SSSR count). The van der Waals surface area contributed by atoms with Gasteiger partial charge < -0.3 is 15.4 Å². The summed E-state index contributed by atoms with van der Waals surface area (Å²) in [4.78, 5) is 24.8. The van der Waals surface area contributed by atoms with Gasteiger partial charge in [0.2, 0.25) is 0 Å². The molecule has 2 fully saturated rings. The fraction of sp³-hybridized carbons (Fsp3) is 0.545. The van der Waals surface area contributed by atoms with Crippen LogP contribution in [-0.4, -0.2) is 57.0 Å². The summed E-state index contributed by atoms with van der Waals surface area (Å²) < 4.78 is 21.1. The standard InChI is InChI=1S/C22H27ClFN5O3/c1-2-25-21(30)13-3-8-16(9-4-13)29-18(12-32-19-10-5-14(24)11-17(19)23)20(27-28-29)22(31)26-15-6-7-15/h3-4,8-9,14-15,17,19H,2,5-7,10-12H2,1H3,(H,25,30)(H,26,31)/t14-,17?,19+/m1/s1. The molecule has 0 aliphatic heterocycles. The van der Waals surface area contributed by atoms with Gasteiger partial charge in [0, 0.05) is 18.2 Å². The Morgan fingerprint density at radius 1 is 1.19 bits per heavy atom. The maximum atomic E-state index is 13.6. The van der Waals surface area contributed by atoms with E-state index >= 15 is 0 Å². The van der Waals surface area contributed by atoms with E-state index in [0.29, 0.717) is 36.3 Å². The van der Waals surface area contributed by atoms with Crippen LogP contribution in [0.3, 0.4) is 0 Å². The van der Waals surface area contributed by atoms with Crippen molar-refractivity contribution in [1.82, 2.24) is 25.6 Å². The first-order valence-electron chi connectivity index (χ1n) is 11.0. The molecule has 2 aromatic rings. The van der Waals surface area contributed by atoms with Crippen LogP contribution in [0, 0.1) is 0 Å². The number of aromatic nitrogens is 3. The minimum atomic E-state index is -0.909. The minimum Gasteiger partial charge on any atom is -0.370 e. The number of carbonyl (C=O) groups excluding carboxylic acids is 2. The summed E-state index contributed by atoms with van der Waals surface area (Å²) in [5, 5.41) is 13.5. The van der Waals surface area contributed by atoms with E-state index in [1.807, 2.05) is 6.92 Å². The third-order valence-corrected chi connectivity index (χ3v) is 6.14. The Morgan fingerprint density at radius 3 is 2.59 bits per heavy atom. The Hall–Kier alpha value is -2.52. The van der Waals surface area contributed by atoms with Gasteiger partial charge >= 0.3 is 0 Å².